The van der Waals surface area contributed by atoms with Gasteiger partial charge in [-0.25, -0.2) is 4.79 Å². The predicted molar refractivity (Wildman–Crippen MR) is 109 cm³/mol. The lowest BCUT2D eigenvalue weighted by Crippen LogP contribution is -2.52. The van der Waals surface area contributed by atoms with Crippen LogP contribution in [0.4, 0.5) is 0 Å². The van der Waals surface area contributed by atoms with Crippen LogP contribution in [-0.4, -0.2) is 46.6 Å². The Bertz CT molecular complexity index is 903. The molecule has 1 aromatic heterocycles. The van der Waals surface area contributed by atoms with Gasteiger partial charge in [-0.3, -0.25) is 9.69 Å². The Hall–Kier alpha value is -1.70. The SMILES string of the molecule is CC1CN(Cc2c[nH]c(=O)c3ccc(Br)cc23)CCN1OC(=O)C(C)(C)C. The number of rotatable bonds is 3. The number of nitrogens with zero attached hydrogens (tertiary/aromatic N) is 2. The molecule has 0 saturated carbocycles. The summed E-state index contributed by atoms with van der Waals surface area (Å²) >= 11 is 3.49. The van der Waals surface area contributed by atoms with Gasteiger partial charge in [0.15, 0.2) is 0 Å². The molecule has 0 aliphatic carbocycles. The van der Waals surface area contributed by atoms with E-state index in [1.54, 1.807) is 11.3 Å². The van der Waals surface area contributed by atoms with Gasteiger partial charge < -0.3 is 9.82 Å². The van der Waals surface area contributed by atoms with Crippen molar-refractivity contribution in [2.75, 3.05) is 19.6 Å². The van der Waals surface area contributed by atoms with Crippen LogP contribution in [0.5, 0.6) is 0 Å². The van der Waals surface area contributed by atoms with Gasteiger partial charge in [0.05, 0.1) is 11.5 Å². The van der Waals surface area contributed by atoms with Gasteiger partial charge in [0, 0.05) is 42.2 Å². The van der Waals surface area contributed by atoms with Gasteiger partial charge >= 0.3 is 5.97 Å². The molecule has 0 spiro atoms. The fourth-order valence-electron chi connectivity index (χ4n) is 3.20. The van der Waals surface area contributed by atoms with E-state index >= 15 is 0 Å². The van der Waals surface area contributed by atoms with Crippen molar-refractivity contribution >= 4 is 32.7 Å². The number of hydrogen-bond acceptors (Lipinski definition) is 5. The van der Waals surface area contributed by atoms with E-state index in [1.165, 1.54) is 0 Å². The third-order valence-corrected chi connectivity index (χ3v) is 5.30. The topological polar surface area (TPSA) is 65.6 Å². The summed E-state index contributed by atoms with van der Waals surface area (Å²) in [7, 11) is 0. The first-order valence-corrected chi connectivity index (χ1v) is 9.95. The minimum absolute atomic E-state index is 0.0754. The minimum Gasteiger partial charge on any atom is -0.367 e. The van der Waals surface area contributed by atoms with E-state index < -0.39 is 5.41 Å². The van der Waals surface area contributed by atoms with E-state index in [0.717, 1.165) is 35.1 Å². The van der Waals surface area contributed by atoms with Crippen molar-refractivity contribution in [1.29, 1.82) is 0 Å². The Morgan fingerprint density at radius 2 is 2.04 bits per heavy atom. The normalized spacial score (nSPS) is 19.4. The van der Waals surface area contributed by atoms with Gasteiger partial charge in [0.1, 0.15) is 0 Å². The highest BCUT2D eigenvalue weighted by Gasteiger charge is 2.31. The van der Waals surface area contributed by atoms with Gasteiger partial charge in [0.2, 0.25) is 0 Å². The maximum atomic E-state index is 12.1. The van der Waals surface area contributed by atoms with Crippen LogP contribution in [0.25, 0.3) is 10.8 Å². The number of hydrogen-bond donors (Lipinski definition) is 1. The Morgan fingerprint density at radius 3 is 2.70 bits per heavy atom. The zero-order valence-electron chi connectivity index (χ0n) is 16.2. The summed E-state index contributed by atoms with van der Waals surface area (Å²) in [5.74, 6) is -0.209. The molecule has 2 heterocycles. The molecular weight excluding hydrogens is 410 g/mol. The first kappa shape index (κ1) is 20.0. The fraction of sp³-hybridized carbons (Fsp3) is 0.500. The van der Waals surface area contributed by atoms with Crippen LogP contribution < -0.4 is 5.56 Å². The molecule has 1 N–H and O–H groups in total. The first-order chi connectivity index (χ1) is 12.6. The van der Waals surface area contributed by atoms with Crippen molar-refractivity contribution in [3.05, 3.63) is 44.8 Å². The molecule has 2 aromatic rings. The van der Waals surface area contributed by atoms with Crippen LogP contribution >= 0.6 is 15.9 Å². The number of piperazine rings is 1. The average molecular weight is 436 g/mol. The lowest BCUT2D eigenvalue weighted by molar-refractivity contribution is -0.219. The molecule has 0 amide bonds. The molecule has 1 unspecified atom stereocenters. The van der Waals surface area contributed by atoms with Gasteiger partial charge in [-0.2, -0.15) is 0 Å². The molecule has 146 valence electrons. The van der Waals surface area contributed by atoms with Crippen LogP contribution in [0.15, 0.2) is 33.7 Å². The Morgan fingerprint density at radius 1 is 1.30 bits per heavy atom. The highest BCUT2D eigenvalue weighted by molar-refractivity contribution is 9.10. The van der Waals surface area contributed by atoms with Crippen molar-refractivity contribution in [2.24, 2.45) is 5.41 Å². The number of halogens is 1. The second kappa shape index (κ2) is 7.73. The highest BCUT2D eigenvalue weighted by Crippen LogP contribution is 2.23. The van der Waals surface area contributed by atoms with E-state index in [4.69, 9.17) is 4.84 Å². The van der Waals surface area contributed by atoms with Crippen molar-refractivity contribution in [2.45, 2.75) is 40.3 Å². The molecular formula is C20H26BrN3O3. The molecule has 7 heteroatoms. The number of aromatic amines is 1. The number of nitrogens with one attached hydrogen (secondary N) is 1. The van der Waals surface area contributed by atoms with Gasteiger partial charge in [0.25, 0.3) is 5.56 Å². The summed E-state index contributed by atoms with van der Waals surface area (Å²) in [6.07, 6.45) is 1.80. The molecule has 1 fully saturated rings. The smallest absolute Gasteiger partial charge is 0.330 e. The monoisotopic (exact) mass is 435 g/mol. The van der Waals surface area contributed by atoms with E-state index in [9.17, 15) is 9.59 Å². The third kappa shape index (κ3) is 4.59. The number of carbonyl (C=O) groups excluding carboxylic acids is 1. The molecule has 1 aromatic carbocycles. The zero-order valence-corrected chi connectivity index (χ0v) is 17.8. The quantitative estimate of drug-likeness (QED) is 0.800. The number of pyridine rings is 1. The standard InChI is InChI=1S/C20H26BrN3O3/c1-13-11-23(7-8-24(13)27-19(26)20(2,3)4)12-14-10-22-18(25)16-6-5-15(21)9-17(14)16/h5-6,9-10,13H,7-8,11-12H2,1-4H3,(H,22,25). The second-order valence-electron chi connectivity index (χ2n) is 8.19. The number of hydroxylamine groups is 2. The molecule has 1 aliphatic rings. The molecule has 27 heavy (non-hydrogen) atoms. The van der Waals surface area contributed by atoms with Crippen LogP contribution in [0.2, 0.25) is 0 Å². The third-order valence-electron chi connectivity index (χ3n) is 4.81. The van der Waals surface area contributed by atoms with E-state index in [0.29, 0.717) is 11.9 Å². The summed E-state index contributed by atoms with van der Waals surface area (Å²) < 4.78 is 0.953. The number of aromatic nitrogens is 1. The second-order valence-corrected chi connectivity index (χ2v) is 9.10. The summed E-state index contributed by atoms with van der Waals surface area (Å²) in [5.41, 5.74) is 0.491. The summed E-state index contributed by atoms with van der Waals surface area (Å²) in [4.78, 5) is 35.0. The largest absolute Gasteiger partial charge is 0.367 e. The summed E-state index contributed by atoms with van der Waals surface area (Å²) in [5, 5.41) is 3.44. The maximum absolute atomic E-state index is 12.1. The fourth-order valence-corrected chi connectivity index (χ4v) is 3.56. The molecule has 6 nitrogen and oxygen atoms in total. The maximum Gasteiger partial charge on any atom is 0.330 e. The number of fused-ring (bicyclic) bond motifs is 1. The molecule has 1 saturated heterocycles. The van der Waals surface area contributed by atoms with Gasteiger partial charge in [-0.15, -0.1) is 5.06 Å². The van der Waals surface area contributed by atoms with E-state index in [1.807, 2.05) is 39.0 Å². The molecule has 0 bridgehead atoms. The Balaban J connectivity index is 1.71. The van der Waals surface area contributed by atoms with Crippen LogP contribution in [-0.2, 0) is 16.2 Å². The molecule has 1 aliphatic heterocycles. The van der Waals surface area contributed by atoms with Gasteiger partial charge in [-0.1, -0.05) is 15.9 Å². The van der Waals surface area contributed by atoms with Crippen LogP contribution in [0.3, 0.4) is 0 Å². The van der Waals surface area contributed by atoms with Crippen LogP contribution in [0.1, 0.15) is 33.3 Å². The Kier molecular flexibility index (Phi) is 5.74. The molecule has 0 radical (unpaired) electrons. The molecule has 1 atom stereocenters. The van der Waals surface area contributed by atoms with Crippen LogP contribution in [0, 0.1) is 5.41 Å². The lowest BCUT2D eigenvalue weighted by Gasteiger charge is -2.39. The van der Waals surface area contributed by atoms with Crippen molar-refractivity contribution in [3.8, 4) is 0 Å². The highest BCUT2D eigenvalue weighted by atomic mass is 79.9. The Labute approximate surface area is 167 Å². The predicted octanol–water partition coefficient (Wildman–Crippen LogP) is 3.30. The number of H-pyrrole nitrogens is 1. The minimum atomic E-state index is -0.515. The van der Waals surface area contributed by atoms with Crippen molar-refractivity contribution in [1.82, 2.24) is 14.9 Å². The summed E-state index contributed by atoms with van der Waals surface area (Å²) in [6.45, 7) is 10.6. The number of carbonyl (C=O) groups is 1. The van der Waals surface area contributed by atoms with Crippen molar-refractivity contribution in [3.63, 3.8) is 0 Å². The average Bonchev–Trinajstić information content (AvgIpc) is 2.59. The van der Waals surface area contributed by atoms with E-state index in [-0.39, 0.29) is 17.6 Å². The summed E-state index contributed by atoms with van der Waals surface area (Å²) in [6, 6.07) is 5.82. The lowest BCUT2D eigenvalue weighted by atomic mass is 9.98. The van der Waals surface area contributed by atoms with Crippen molar-refractivity contribution < 1.29 is 9.63 Å². The van der Waals surface area contributed by atoms with Gasteiger partial charge in [-0.05, 0) is 56.8 Å². The molecule has 3 rings (SSSR count). The first-order valence-electron chi connectivity index (χ1n) is 9.16. The number of benzene rings is 1. The zero-order chi connectivity index (χ0) is 19.8. The van der Waals surface area contributed by atoms with E-state index in [2.05, 4.69) is 32.7 Å².